The van der Waals surface area contributed by atoms with Gasteiger partial charge in [0.05, 0.1) is 30.2 Å². The maximum absolute atomic E-state index is 11.9. The highest BCUT2D eigenvalue weighted by Crippen LogP contribution is 2.34. The predicted molar refractivity (Wildman–Crippen MR) is 136 cm³/mol. The zero-order chi connectivity index (χ0) is 25.5. The van der Waals surface area contributed by atoms with Gasteiger partial charge in [0.2, 0.25) is 0 Å². The highest BCUT2D eigenvalue weighted by Gasteiger charge is 2.17. The molecular formula is C29H27NO6. The molecule has 0 fully saturated rings. The van der Waals surface area contributed by atoms with Gasteiger partial charge >= 0.3 is 5.97 Å². The first kappa shape index (κ1) is 24.6. The number of hydrogen-bond acceptors (Lipinski definition) is 6. The molecule has 4 rings (SSSR count). The monoisotopic (exact) mass is 485 g/mol. The summed E-state index contributed by atoms with van der Waals surface area (Å²) in [6, 6.07) is 25.2. The molecule has 0 spiro atoms. The second-order valence-electron chi connectivity index (χ2n) is 8.20. The summed E-state index contributed by atoms with van der Waals surface area (Å²) in [7, 11) is 1.58. The first-order valence-electron chi connectivity index (χ1n) is 11.5. The molecule has 7 nitrogen and oxygen atoms in total. The van der Waals surface area contributed by atoms with Gasteiger partial charge < -0.3 is 24.1 Å². The van der Waals surface area contributed by atoms with Crippen molar-refractivity contribution in [2.75, 3.05) is 7.11 Å². The van der Waals surface area contributed by atoms with Gasteiger partial charge in [-0.3, -0.25) is 0 Å². The third-order valence-corrected chi connectivity index (χ3v) is 5.21. The Morgan fingerprint density at radius 1 is 0.861 bits per heavy atom. The van der Waals surface area contributed by atoms with Gasteiger partial charge in [0.15, 0.2) is 0 Å². The fraction of sp³-hybridized carbons (Fsp3) is 0.172. The van der Waals surface area contributed by atoms with E-state index in [1.54, 1.807) is 37.4 Å². The molecule has 3 aromatic carbocycles. The number of carboxylic acid groups (broad SMARTS) is 1. The van der Waals surface area contributed by atoms with E-state index in [0.717, 1.165) is 5.75 Å². The van der Waals surface area contributed by atoms with Crippen molar-refractivity contribution in [1.29, 1.82) is 0 Å². The Bertz CT molecular complexity index is 1320. The van der Waals surface area contributed by atoms with Crippen molar-refractivity contribution < 1.29 is 28.8 Å². The molecule has 0 bridgehead atoms. The maximum Gasteiger partial charge on any atom is 0.337 e. The van der Waals surface area contributed by atoms with E-state index in [4.69, 9.17) is 18.9 Å². The van der Waals surface area contributed by atoms with Crippen LogP contribution in [0.4, 0.5) is 0 Å². The number of aromatic carboxylic acids is 1. The van der Waals surface area contributed by atoms with Gasteiger partial charge in [-0.25, -0.2) is 9.78 Å². The van der Waals surface area contributed by atoms with Crippen molar-refractivity contribution in [3.05, 3.63) is 96.2 Å². The summed E-state index contributed by atoms with van der Waals surface area (Å²) in [5.74, 6) is 2.14. The molecule has 0 saturated carbocycles. The molecule has 7 heteroatoms. The normalized spacial score (nSPS) is 10.7. The van der Waals surface area contributed by atoms with E-state index < -0.39 is 5.97 Å². The Labute approximate surface area is 209 Å². The first-order valence-corrected chi connectivity index (χ1v) is 11.5. The van der Waals surface area contributed by atoms with Gasteiger partial charge in [0.25, 0.3) is 0 Å². The summed E-state index contributed by atoms with van der Waals surface area (Å²) in [6.07, 6.45) is -0.0490. The number of para-hydroxylation sites is 1. The average Bonchev–Trinajstić information content (AvgIpc) is 2.88. The highest BCUT2D eigenvalue weighted by atomic mass is 16.5. The second kappa shape index (κ2) is 11.3. The number of ether oxygens (including phenoxy) is 4. The van der Waals surface area contributed by atoms with Crippen LogP contribution in [0.3, 0.4) is 0 Å². The second-order valence-corrected chi connectivity index (χ2v) is 8.20. The maximum atomic E-state index is 11.9. The molecule has 0 aliphatic rings. The van der Waals surface area contributed by atoms with Gasteiger partial charge in [0.1, 0.15) is 35.4 Å². The predicted octanol–water partition coefficient (Wildman–Crippen LogP) is 6.61. The fourth-order valence-corrected chi connectivity index (χ4v) is 3.53. The van der Waals surface area contributed by atoms with Crippen LogP contribution in [0.25, 0.3) is 11.3 Å². The lowest BCUT2D eigenvalue weighted by Crippen LogP contribution is -2.10. The van der Waals surface area contributed by atoms with Gasteiger partial charge in [-0.05, 0) is 80.6 Å². The van der Waals surface area contributed by atoms with E-state index in [2.05, 4.69) is 4.98 Å². The van der Waals surface area contributed by atoms with E-state index >= 15 is 0 Å². The quantitative estimate of drug-likeness (QED) is 0.270. The minimum Gasteiger partial charge on any atom is -0.497 e. The number of hydrogen-bond donors (Lipinski definition) is 1. The van der Waals surface area contributed by atoms with Crippen molar-refractivity contribution >= 4 is 5.97 Å². The standard InChI is InChI=1S/C29H27NO6/c1-19(2)35-28-16-13-23(33-3)17-25(28)26-15-14-24(29(31)32)27(30-26)18-34-20-9-11-22(12-10-20)36-21-7-5-4-6-8-21/h4-17,19H,18H2,1-3H3,(H,31,32). The number of carbonyl (C=O) groups is 1. The Hall–Kier alpha value is -4.52. The Morgan fingerprint density at radius 3 is 2.19 bits per heavy atom. The lowest BCUT2D eigenvalue weighted by atomic mass is 10.1. The van der Waals surface area contributed by atoms with Crippen LogP contribution in [0.5, 0.6) is 28.7 Å². The van der Waals surface area contributed by atoms with E-state index in [9.17, 15) is 9.90 Å². The van der Waals surface area contributed by atoms with Crippen molar-refractivity contribution in [3.8, 4) is 40.0 Å². The van der Waals surface area contributed by atoms with Crippen LogP contribution in [0, 0.1) is 0 Å². The van der Waals surface area contributed by atoms with E-state index in [0.29, 0.717) is 39.9 Å². The molecular weight excluding hydrogens is 458 g/mol. The number of pyridine rings is 1. The molecule has 0 atom stereocenters. The molecule has 184 valence electrons. The molecule has 36 heavy (non-hydrogen) atoms. The Kier molecular flexibility index (Phi) is 7.70. The Balaban J connectivity index is 1.57. The van der Waals surface area contributed by atoms with Crippen LogP contribution < -0.4 is 18.9 Å². The van der Waals surface area contributed by atoms with Crippen LogP contribution in [0.1, 0.15) is 29.9 Å². The van der Waals surface area contributed by atoms with E-state index in [1.807, 2.05) is 62.4 Å². The molecule has 0 unspecified atom stereocenters. The number of rotatable bonds is 10. The average molecular weight is 486 g/mol. The van der Waals surface area contributed by atoms with Crippen molar-refractivity contribution in [3.63, 3.8) is 0 Å². The summed E-state index contributed by atoms with van der Waals surface area (Å²) in [5, 5.41) is 9.70. The molecule has 1 aromatic heterocycles. The van der Waals surface area contributed by atoms with Crippen LogP contribution in [-0.4, -0.2) is 29.3 Å². The van der Waals surface area contributed by atoms with Crippen molar-refractivity contribution in [2.45, 2.75) is 26.6 Å². The van der Waals surface area contributed by atoms with Crippen LogP contribution in [0.2, 0.25) is 0 Å². The number of carboxylic acids is 1. The molecule has 0 amide bonds. The number of nitrogens with zero attached hydrogens (tertiary/aromatic N) is 1. The molecule has 4 aromatic rings. The summed E-state index contributed by atoms with van der Waals surface area (Å²) in [5.41, 5.74) is 1.61. The zero-order valence-corrected chi connectivity index (χ0v) is 20.3. The van der Waals surface area contributed by atoms with Crippen LogP contribution in [-0.2, 0) is 6.61 Å². The van der Waals surface area contributed by atoms with Crippen molar-refractivity contribution in [2.24, 2.45) is 0 Å². The van der Waals surface area contributed by atoms with Gasteiger partial charge in [0, 0.05) is 5.56 Å². The van der Waals surface area contributed by atoms with Crippen LogP contribution in [0.15, 0.2) is 84.9 Å². The Morgan fingerprint density at radius 2 is 1.53 bits per heavy atom. The summed E-state index contributed by atoms with van der Waals surface area (Å²) < 4.78 is 23.0. The molecule has 1 N–H and O–H groups in total. The molecule has 0 aliphatic heterocycles. The molecule has 1 heterocycles. The summed E-state index contributed by atoms with van der Waals surface area (Å²) in [6.45, 7) is 3.84. The largest absolute Gasteiger partial charge is 0.497 e. The van der Waals surface area contributed by atoms with Crippen LogP contribution >= 0.6 is 0 Å². The van der Waals surface area contributed by atoms with Gasteiger partial charge in [-0.15, -0.1) is 0 Å². The topological polar surface area (TPSA) is 87.1 Å². The third-order valence-electron chi connectivity index (χ3n) is 5.21. The number of aromatic nitrogens is 1. The highest BCUT2D eigenvalue weighted by molar-refractivity contribution is 5.89. The first-order chi connectivity index (χ1) is 17.4. The van der Waals surface area contributed by atoms with E-state index in [1.165, 1.54) is 6.07 Å². The summed E-state index contributed by atoms with van der Waals surface area (Å²) >= 11 is 0. The minimum atomic E-state index is -1.08. The smallest absolute Gasteiger partial charge is 0.337 e. The van der Waals surface area contributed by atoms with Gasteiger partial charge in [-0.2, -0.15) is 0 Å². The van der Waals surface area contributed by atoms with Gasteiger partial charge in [-0.1, -0.05) is 18.2 Å². The number of benzene rings is 3. The molecule has 0 radical (unpaired) electrons. The van der Waals surface area contributed by atoms with Crippen molar-refractivity contribution in [1.82, 2.24) is 4.98 Å². The minimum absolute atomic E-state index is 0.0291. The third kappa shape index (κ3) is 6.13. The zero-order valence-electron chi connectivity index (χ0n) is 20.3. The molecule has 0 saturated heterocycles. The number of methoxy groups -OCH3 is 1. The summed E-state index contributed by atoms with van der Waals surface area (Å²) in [4.78, 5) is 16.5. The molecule has 0 aliphatic carbocycles. The SMILES string of the molecule is COc1ccc(OC(C)C)c(-c2ccc(C(=O)O)c(COc3ccc(Oc4ccccc4)cc3)n2)c1. The van der Waals surface area contributed by atoms with E-state index in [-0.39, 0.29) is 18.3 Å². The lowest BCUT2D eigenvalue weighted by molar-refractivity contribution is 0.0693. The fourth-order valence-electron chi connectivity index (χ4n) is 3.53. The lowest BCUT2D eigenvalue weighted by Gasteiger charge is -2.16.